The molecule has 5 atom stereocenters. The predicted molar refractivity (Wildman–Crippen MR) is 400 cm³/mol. The first kappa shape index (κ1) is 96.1. The summed E-state index contributed by atoms with van der Waals surface area (Å²) >= 11 is 0. The fraction of sp³-hybridized carbons (Fsp3) is 0.949. The van der Waals surface area contributed by atoms with Gasteiger partial charge in [-0.15, -0.1) is 0 Å². The van der Waals surface area contributed by atoms with Gasteiger partial charge in [0.15, 0.2) is 12.2 Å². The number of phosphoric ester groups is 2. The van der Waals surface area contributed by atoms with E-state index in [4.69, 9.17) is 37.0 Å². The topological polar surface area (TPSA) is 237 Å². The number of rotatable bonds is 77. The van der Waals surface area contributed by atoms with Gasteiger partial charge in [-0.1, -0.05) is 357 Å². The van der Waals surface area contributed by atoms with Crippen molar-refractivity contribution in [1.29, 1.82) is 0 Å². The Morgan fingerprint density at radius 1 is 0.276 bits per heavy atom. The lowest BCUT2D eigenvalue weighted by Crippen LogP contribution is -2.30. The van der Waals surface area contributed by atoms with Crippen molar-refractivity contribution in [1.82, 2.24) is 0 Å². The van der Waals surface area contributed by atoms with Gasteiger partial charge in [-0.2, -0.15) is 0 Å². The number of carbonyl (C=O) groups excluding carboxylic acids is 4. The largest absolute Gasteiger partial charge is 0.472 e. The van der Waals surface area contributed by atoms with Crippen LogP contribution in [0, 0.1) is 17.8 Å². The highest BCUT2D eigenvalue weighted by atomic mass is 31.2. The highest BCUT2D eigenvalue weighted by Crippen LogP contribution is 2.45. The number of hydrogen-bond acceptors (Lipinski definition) is 15. The Morgan fingerprint density at radius 2 is 0.469 bits per heavy atom. The van der Waals surface area contributed by atoms with E-state index < -0.39 is 97.5 Å². The van der Waals surface area contributed by atoms with Crippen molar-refractivity contribution in [3.8, 4) is 0 Å². The first-order valence-electron chi connectivity index (χ1n) is 40.8. The molecule has 0 spiro atoms. The average molecular weight is 1440 g/mol. The number of esters is 4. The summed E-state index contributed by atoms with van der Waals surface area (Å²) in [5.74, 6) is 0.220. The molecule has 0 aromatic heterocycles. The molecule has 0 radical (unpaired) electrons. The number of ether oxygens (including phenoxy) is 4. The van der Waals surface area contributed by atoms with Gasteiger partial charge < -0.3 is 33.8 Å². The standard InChI is InChI=1S/C79H154O17P2/c1-8-9-10-11-12-13-14-17-25-32-39-46-53-60-76(81)89-66-75(96-79(84)63-56-49-42-35-28-21-24-31-38-45-52-59-72(6)7)69-94-98(87,88)92-65-73(80)64-91-97(85,86)93-68-74(67-90-77(82)61-54-47-40-33-27-20-23-30-37-44-51-58-71(4)5)95-78(83)62-55-48-41-34-26-19-16-15-18-22-29-36-43-50-57-70(2)3/h70-75,80H,8-69H2,1-7H3,(H,85,86)(H,87,88)/t73-,74-,75-/m1/s1. The molecule has 0 aliphatic rings. The summed E-state index contributed by atoms with van der Waals surface area (Å²) in [5, 5.41) is 10.6. The summed E-state index contributed by atoms with van der Waals surface area (Å²) in [6, 6.07) is 0. The third kappa shape index (κ3) is 72.4. The van der Waals surface area contributed by atoms with E-state index in [0.29, 0.717) is 25.7 Å². The van der Waals surface area contributed by atoms with E-state index in [1.54, 1.807) is 0 Å². The average Bonchev–Trinajstić information content (AvgIpc) is 1.15. The summed E-state index contributed by atoms with van der Waals surface area (Å²) in [6.07, 6.45) is 56.7. The molecule has 0 amide bonds. The molecule has 19 heteroatoms. The molecule has 0 saturated carbocycles. The van der Waals surface area contributed by atoms with Crippen LogP contribution >= 0.6 is 15.6 Å². The summed E-state index contributed by atoms with van der Waals surface area (Å²) in [4.78, 5) is 73.0. The monoisotopic (exact) mass is 1440 g/mol. The van der Waals surface area contributed by atoms with Gasteiger partial charge in [0, 0.05) is 25.7 Å². The maximum atomic E-state index is 13.1. The molecule has 17 nitrogen and oxygen atoms in total. The summed E-state index contributed by atoms with van der Waals surface area (Å²) < 4.78 is 68.7. The third-order valence-corrected chi connectivity index (χ3v) is 20.3. The Kier molecular flexibility index (Phi) is 68.1. The van der Waals surface area contributed by atoms with Gasteiger partial charge in [-0.25, -0.2) is 9.13 Å². The van der Waals surface area contributed by atoms with Gasteiger partial charge in [0.1, 0.15) is 19.3 Å². The minimum absolute atomic E-state index is 0.107. The van der Waals surface area contributed by atoms with Gasteiger partial charge >= 0.3 is 39.5 Å². The summed E-state index contributed by atoms with van der Waals surface area (Å²) in [5.41, 5.74) is 0. The van der Waals surface area contributed by atoms with Crippen molar-refractivity contribution < 1.29 is 80.2 Å². The normalized spacial score (nSPS) is 14.0. The number of hydrogen-bond donors (Lipinski definition) is 3. The van der Waals surface area contributed by atoms with Crippen LogP contribution in [0.5, 0.6) is 0 Å². The molecule has 0 heterocycles. The van der Waals surface area contributed by atoms with Gasteiger partial charge in [0.05, 0.1) is 26.4 Å². The number of unbranched alkanes of at least 4 members (excludes halogenated alkanes) is 45. The van der Waals surface area contributed by atoms with E-state index >= 15 is 0 Å². The zero-order valence-corrected chi connectivity index (χ0v) is 66.0. The van der Waals surface area contributed by atoms with Crippen LogP contribution in [0.3, 0.4) is 0 Å². The van der Waals surface area contributed by atoms with Crippen LogP contribution in [0.1, 0.15) is 408 Å². The van der Waals surface area contributed by atoms with Gasteiger partial charge in [-0.3, -0.25) is 37.3 Å². The Balaban J connectivity index is 5.27. The molecule has 0 aromatic carbocycles. The molecule has 2 unspecified atom stereocenters. The lowest BCUT2D eigenvalue weighted by molar-refractivity contribution is -0.161. The fourth-order valence-electron chi connectivity index (χ4n) is 12.1. The molecule has 98 heavy (non-hydrogen) atoms. The lowest BCUT2D eigenvalue weighted by atomic mass is 10.0. The molecule has 0 fully saturated rings. The van der Waals surface area contributed by atoms with Gasteiger partial charge in [0.2, 0.25) is 0 Å². The van der Waals surface area contributed by atoms with E-state index in [-0.39, 0.29) is 25.7 Å². The van der Waals surface area contributed by atoms with Crippen molar-refractivity contribution >= 4 is 39.5 Å². The van der Waals surface area contributed by atoms with E-state index in [1.807, 2.05) is 0 Å². The van der Waals surface area contributed by atoms with E-state index in [1.165, 1.54) is 218 Å². The van der Waals surface area contributed by atoms with Gasteiger partial charge in [0.25, 0.3) is 0 Å². The Labute approximate surface area is 600 Å². The first-order valence-corrected chi connectivity index (χ1v) is 43.8. The van der Waals surface area contributed by atoms with E-state index in [2.05, 4.69) is 48.5 Å². The summed E-state index contributed by atoms with van der Waals surface area (Å²) in [7, 11) is -9.92. The molecule has 582 valence electrons. The second-order valence-electron chi connectivity index (χ2n) is 29.9. The second kappa shape index (κ2) is 69.4. The maximum Gasteiger partial charge on any atom is 0.472 e. The minimum Gasteiger partial charge on any atom is -0.462 e. The molecular weight excluding hydrogens is 1280 g/mol. The predicted octanol–water partition coefficient (Wildman–Crippen LogP) is 23.4. The van der Waals surface area contributed by atoms with Crippen LogP contribution in [0.15, 0.2) is 0 Å². The van der Waals surface area contributed by atoms with E-state index in [9.17, 15) is 43.2 Å². The molecular formula is C79H154O17P2. The Hall–Kier alpha value is -1.94. The molecule has 0 aliphatic heterocycles. The third-order valence-electron chi connectivity index (χ3n) is 18.4. The van der Waals surface area contributed by atoms with Crippen molar-refractivity contribution in [2.24, 2.45) is 17.8 Å². The number of aliphatic hydroxyl groups is 1. The number of phosphoric acid groups is 2. The SMILES string of the molecule is CCCCCCCCCCCCCCCC(=O)OC[C@H](COP(=O)(O)OC[C@H](O)COP(=O)(O)OC[C@@H](COC(=O)CCCCCCCCCCCCCC(C)C)OC(=O)CCCCCCCCCCCCCCCCC(C)C)OC(=O)CCCCCCCCCCCCCC(C)C. The summed E-state index contributed by atoms with van der Waals surface area (Å²) in [6.45, 7) is 12.0. The quantitative estimate of drug-likeness (QED) is 0.0222. The molecule has 0 bridgehead atoms. The smallest absolute Gasteiger partial charge is 0.462 e. The Morgan fingerprint density at radius 3 is 0.694 bits per heavy atom. The number of aliphatic hydroxyl groups excluding tert-OH is 1. The van der Waals surface area contributed by atoms with E-state index in [0.717, 1.165) is 108 Å². The molecule has 0 saturated heterocycles. The van der Waals surface area contributed by atoms with Crippen molar-refractivity contribution in [3.05, 3.63) is 0 Å². The molecule has 0 aliphatic carbocycles. The van der Waals surface area contributed by atoms with Crippen molar-refractivity contribution in [2.45, 2.75) is 426 Å². The van der Waals surface area contributed by atoms with Crippen LogP contribution in [-0.4, -0.2) is 96.7 Å². The van der Waals surface area contributed by atoms with Crippen molar-refractivity contribution in [2.75, 3.05) is 39.6 Å². The zero-order chi connectivity index (χ0) is 72.3. The maximum absolute atomic E-state index is 13.1. The molecule has 0 aromatic rings. The van der Waals surface area contributed by atoms with Crippen LogP contribution < -0.4 is 0 Å². The van der Waals surface area contributed by atoms with Crippen molar-refractivity contribution in [3.63, 3.8) is 0 Å². The second-order valence-corrected chi connectivity index (χ2v) is 32.8. The minimum atomic E-state index is -4.96. The van der Waals surface area contributed by atoms with Crippen LogP contribution in [0.4, 0.5) is 0 Å². The van der Waals surface area contributed by atoms with Crippen LogP contribution in [0.25, 0.3) is 0 Å². The fourth-order valence-corrected chi connectivity index (χ4v) is 13.7. The highest BCUT2D eigenvalue weighted by Gasteiger charge is 2.30. The zero-order valence-electron chi connectivity index (χ0n) is 64.3. The Bertz CT molecular complexity index is 1900. The molecule has 3 N–H and O–H groups in total. The van der Waals surface area contributed by atoms with Gasteiger partial charge in [-0.05, 0) is 43.4 Å². The lowest BCUT2D eigenvalue weighted by Gasteiger charge is -2.21. The van der Waals surface area contributed by atoms with Crippen LogP contribution in [0.2, 0.25) is 0 Å². The number of carbonyl (C=O) groups is 4. The first-order chi connectivity index (χ1) is 47.2. The molecule has 0 rings (SSSR count). The van der Waals surface area contributed by atoms with Crippen LogP contribution in [-0.2, 0) is 65.4 Å². The highest BCUT2D eigenvalue weighted by molar-refractivity contribution is 7.47.